The SMILES string of the molecule is CCCCc1ccc(NC(=O)COc2ccc(N(Cc3ccccc3)S(=O)(=O)c3ccc(C)cc3)cc2)cc1. The number of carbonyl (C=O) groups is 1. The monoisotopic (exact) mass is 542 g/mol. The summed E-state index contributed by atoms with van der Waals surface area (Å²) in [6.45, 7) is 4.10. The Morgan fingerprint density at radius 2 is 1.49 bits per heavy atom. The second-order valence-electron chi connectivity index (χ2n) is 9.44. The Labute approximate surface area is 231 Å². The van der Waals surface area contributed by atoms with Crippen molar-refractivity contribution in [3.05, 3.63) is 120 Å². The van der Waals surface area contributed by atoms with Gasteiger partial charge in [0.05, 0.1) is 17.1 Å². The van der Waals surface area contributed by atoms with Crippen LogP contribution in [0.1, 0.15) is 36.5 Å². The summed E-state index contributed by atoms with van der Waals surface area (Å²) in [5, 5.41) is 2.84. The van der Waals surface area contributed by atoms with Gasteiger partial charge in [-0.2, -0.15) is 0 Å². The predicted octanol–water partition coefficient (Wildman–Crippen LogP) is 6.75. The third-order valence-electron chi connectivity index (χ3n) is 6.33. The number of unbranched alkanes of at least 4 members (excludes halogenated alkanes) is 1. The smallest absolute Gasteiger partial charge is 0.264 e. The lowest BCUT2D eigenvalue weighted by atomic mass is 10.1. The van der Waals surface area contributed by atoms with Gasteiger partial charge in [-0.1, -0.05) is 73.5 Å². The van der Waals surface area contributed by atoms with Crippen LogP contribution < -0.4 is 14.4 Å². The maximum atomic E-state index is 13.6. The minimum Gasteiger partial charge on any atom is -0.484 e. The molecule has 0 aromatic heterocycles. The molecule has 4 rings (SSSR count). The fourth-order valence-electron chi connectivity index (χ4n) is 4.09. The van der Waals surface area contributed by atoms with Crippen molar-refractivity contribution in [2.75, 3.05) is 16.2 Å². The Morgan fingerprint density at radius 3 is 2.13 bits per heavy atom. The highest BCUT2D eigenvalue weighted by atomic mass is 32.2. The van der Waals surface area contributed by atoms with E-state index in [0.717, 1.165) is 36.1 Å². The van der Waals surface area contributed by atoms with Crippen molar-refractivity contribution in [2.45, 2.75) is 44.6 Å². The third-order valence-corrected chi connectivity index (χ3v) is 8.12. The van der Waals surface area contributed by atoms with Crippen molar-refractivity contribution in [1.82, 2.24) is 0 Å². The number of nitrogens with one attached hydrogen (secondary N) is 1. The lowest BCUT2D eigenvalue weighted by Crippen LogP contribution is -2.30. The predicted molar refractivity (Wildman–Crippen MR) is 157 cm³/mol. The fourth-order valence-corrected chi connectivity index (χ4v) is 5.54. The van der Waals surface area contributed by atoms with E-state index in [4.69, 9.17) is 4.74 Å². The molecule has 39 heavy (non-hydrogen) atoms. The number of amides is 1. The van der Waals surface area contributed by atoms with Gasteiger partial charge in [0.1, 0.15) is 5.75 Å². The number of anilines is 2. The first kappa shape index (κ1) is 27.9. The van der Waals surface area contributed by atoms with E-state index in [0.29, 0.717) is 11.4 Å². The van der Waals surface area contributed by atoms with Crippen molar-refractivity contribution in [2.24, 2.45) is 0 Å². The van der Waals surface area contributed by atoms with Crippen LogP contribution in [0.25, 0.3) is 0 Å². The molecule has 1 N–H and O–H groups in total. The van der Waals surface area contributed by atoms with E-state index in [9.17, 15) is 13.2 Å². The average molecular weight is 543 g/mol. The molecule has 0 fully saturated rings. The number of benzene rings is 4. The second-order valence-corrected chi connectivity index (χ2v) is 11.3. The summed E-state index contributed by atoms with van der Waals surface area (Å²) < 4.78 is 34.3. The molecule has 0 spiro atoms. The molecule has 6 nitrogen and oxygen atoms in total. The number of aryl methyl sites for hydroxylation is 2. The van der Waals surface area contributed by atoms with Gasteiger partial charge in [-0.05, 0) is 79.4 Å². The highest BCUT2D eigenvalue weighted by molar-refractivity contribution is 7.92. The fraction of sp³-hybridized carbons (Fsp3) is 0.219. The molecule has 0 radical (unpaired) electrons. The average Bonchev–Trinajstić information content (AvgIpc) is 2.95. The van der Waals surface area contributed by atoms with Gasteiger partial charge in [-0.25, -0.2) is 8.42 Å². The molecule has 0 aliphatic heterocycles. The molecule has 4 aromatic carbocycles. The van der Waals surface area contributed by atoms with E-state index in [-0.39, 0.29) is 24.0 Å². The zero-order chi connectivity index (χ0) is 27.7. The van der Waals surface area contributed by atoms with Gasteiger partial charge in [0.25, 0.3) is 15.9 Å². The topological polar surface area (TPSA) is 75.7 Å². The molecule has 4 aromatic rings. The van der Waals surface area contributed by atoms with Crippen molar-refractivity contribution in [3.63, 3.8) is 0 Å². The van der Waals surface area contributed by atoms with E-state index in [2.05, 4.69) is 12.2 Å². The van der Waals surface area contributed by atoms with Crippen molar-refractivity contribution >= 4 is 27.3 Å². The van der Waals surface area contributed by atoms with E-state index in [1.165, 1.54) is 9.87 Å². The lowest BCUT2D eigenvalue weighted by Gasteiger charge is -2.25. The minimum absolute atomic E-state index is 0.160. The second kappa shape index (κ2) is 13.1. The number of nitrogens with zero attached hydrogens (tertiary/aromatic N) is 1. The molecular formula is C32H34N2O4S. The normalized spacial score (nSPS) is 11.1. The maximum Gasteiger partial charge on any atom is 0.264 e. The van der Waals surface area contributed by atoms with Crippen LogP contribution in [0.3, 0.4) is 0 Å². The number of hydrogen-bond acceptors (Lipinski definition) is 4. The van der Waals surface area contributed by atoms with Crippen LogP contribution in [-0.4, -0.2) is 20.9 Å². The first-order valence-corrected chi connectivity index (χ1v) is 14.5. The summed E-state index contributed by atoms with van der Waals surface area (Å²) >= 11 is 0. The summed E-state index contributed by atoms with van der Waals surface area (Å²) in [6.07, 6.45) is 3.31. The standard InChI is InChI=1S/C32H34N2O4S/c1-3-4-8-26-13-15-28(16-14-26)33-32(35)24-38-30-19-17-29(18-20-30)34(23-27-9-6-5-7-10-27)39(36,37)31-21-11-25(2)12-22-31/h5-7,9-22H,3-4,8,23-24H2,1-2H3,(H,33,35). The van der Waals surface area contributed by atoms with Crippen LogP contribution in [0.5, 0.6) is 5.75 Å². The Bertz CT molecular complexity index is 1450. The molecule has 1 amide bonds. The quantitative estimate of drug-likeness (QED) is 0.215. The Balaban J connectivity index is 1.44. The Morgan fingerprint density at radius 1 is 0.821 bits per heavy atom. The zero-order valence-corrected chi connectivity index (χ0v) is 23.2. The van der Waals surface area contributed by atoms with E-state index in [1.807, 2.05) is 61.5 Å². The summed E-state index contributed by atoms with van der Waals surface area (Å²) in [6, 6.07) is 30.8. The molecular weight excluding hydrogens is 508 g/mol. The molecule has 0 aliphatic carbocycles. The molecule has 0 heterocycles. The van der Waals surface area contributed by atoms with Crippen LogP contribution in [0.2, 0.25) is 0 Å². The van der Waals surface area contributed by atoms with Crippen LogP contribution in [0, 0.1) is 6.92 Å². The Kier molecular flexibility index (Phi) is 9.39. The number of ether oxygens (including phenoxy) is 1. The number of rotatable bonds is 12. The number of hydrogen-bond donors (Lipinski definition) is 1. The van der Waals surface area contributed by atoms with E-state index in [1.54, 1.807) is 48.5 Å². The Hall–Kier alpha value is -4.10. The van der Waals surface area contributed by atoms with Gasteiger partial charge >= 0.3 is 0 Å². The van der Waals surface area contributed by atoms with Crippen LogP contribution in [0.4, 0.5) is 11.4 Å². The molecule has 0 unspecified atom stereocenters. The van der Waals surface area contributed by atoms with Gasteiger partial charge < -0.3 is 10.1 Å². The molecule has 0 aliphatic rings. The highest BCUT2D eigenvalue weighted by Crippen LogP contribution is 2.28. The number of sulfonamides is 1. The van der Waals surface area contributed by atoms with Gasteiger partial charge in [0.15, 0.2) is 6.61 Å². The lowest BCUT2D eigenvalue weighted by molar-refractivity contribution is -0.118. The minimum atomic E-state index is -3.82. The molecule has 202 valence electrons. The molecule has 0 bridgehead atoms. The first-order chi connectivity index (χ1) is 18.8. The van der Waals surface area contributed by atoms with Gasteiger partial charge in [0, 0.05) is 5.69 Å². The van der Waals surface area contributed by atoms with E-state index >= 15 is 0 Å². The zero-order valence-electron chi connectivity index (χ0n) is 22.3. The largest absolute Gasteiger partial charge is 0.484 e. The van der Waals surface area contributed by atoms with Crippen molar-refractivity contribution in [3.8, 4) is 5.75 Å². The highest BCUT2D eigenvalue weighted by Gasteiger charge is 2.25. The molecule has 0 saturated heterocycles. The van der Waals surface area contributed by atoms with Crippen molar-refractivity contribution in [1.29, 1.82) is 0 Å². The van der Waals surface area contributed by atoms with E-state index < -0.39 is 10.0 Å². The van der Waals surface area contributed by atoms with Gasteiger partial charge in [-0.15, -0.1) is 0 Å². The van der Waals surface area contributed by atoms with Crippen molar-refractivity contribution < 1.29 is 17.9 Å². The van der Waals surface area contributed by atoms with Crippen LogP contribution in [0.15, 0.2) is 108 Å². The van der Waals surface area contributed by atoms with Crippen LogP contribution in [-0.2, 0) is 27.8 Å². The first-order valence-electron chi connectivity index (χ1n) is 13.1. The maximum absolute atomic E-state index is 13.6. The molecule has 0 saturated carbocycles. The van der Waals surface area contributed by atoms with Gasteiger partial charge in [0.2, 0.25) is 0 Å². The molecule has 0 atom stereocenters. The van der Waals surface area contributed by atoms with Gasteiger partial charge in [-0.3, -0.25) is 9.10 Å². The van der Waals surface area contributed by atoms with Crippen LogP contribution >= 0.6 is 0 Å². The third kappa shape index (κ3) is 7.71. The number of carbonyl (C=O) groups excluding carboxylic acids is 1. The summed E-state index contributed by atoms with van der Waals surface area (Å²) in [5.41, 5.74) is 4.31. The summed E-state index contributed by atoms with van der Waals surface area (Å²) in [5.74, 6) is 0.198. The summed E-state index contributed by atoms with van der Waals surface area (Å²) in [4.78, 5) is 12.6. The molecule has 7 heteroatoms. The summed E-state index contributed by atoms with van der Waals surface area (Å²) in [7, 11) is -3.82.